The number of rotatable bonds is 7. The molecule has 0 aliphatic carbocycles. The summed E-state index contributed by atoms with van der Waals surface area (Å²) in [7, 11) is -4.13. The van der Waals surface area contributed by atoms with Crippen LogP contribution in [-0.2, 0) is 26.0 Å². The highest BCUT2D eigenvalue weighted by Gasteiger charge is 2.41. The van der Waals surface area contributed by atoms with E-state index in [1.165, 1.54) is 23.9 Å². The average Bonchev–Trinajstić information content (AvgIpc) is 3.29. The molecule has 33 heavy (non-hydrogen) atoms. The van der Waals surface area contributed by atoms with Gasteiger partial charge in [-0.05, 0) is 34.5 Å². The Bertz CT molecular complexity index is 1310. The molecular weight excluding hydrogens is 467 g/mol. The summed E-state index contributed by atoms with van der Waals surface area (Å²) in [6.45, 7) is 0. The third-order valence-corrected chi connectivity index (χ3v) is 8.44. The second-order valence-electron chi connectivity index (χ2n) is 7.65. The molecule has 1 fully saturated rings. The molecule has 2 atom stereocenters. The highest BCUT2D eigenvalue weighted by Crippen LogP contribution is 2.29. The normalized spacial score (nSPS) is 17.7. The summed E-state index contributed by atoms with van der Waals surface area (Å²) in [6, 6.07) is 15.4. The molecule has 0 spiro atoms. The van der Waals surface area contributed by atoms with Crippen LogP contribution in [-0.4, -0.2) is 53.4 Å². The van der Waals surface area contributed by atoms with Crippen LogP contribution in [0.1, 0.15) is 5.56 Å². The summed E-state index contributed by atoms with van der Waals surface area (Å²) < 4.78 is 40.5. The van der Waals surface area contributed by atoms with E-state index < -0.39 is 39.8 Å². The van der Waals surface area contributed by atoms with E-state index in [1.54, 1.807) is 6.07 Å². The maximum absolute atomic E-state index is 13.6. The van der Waals surface area contributed by atoms with Gasteiger partial charge in [-0.25, -0.2) is 17.6 Å². The molecular formula is C23H21FN2O5S2. The number of halogens is 1. The van der Waals surface area contributed by atoms with Crippen molar-refractivity contribution >= 4 is 44.4 Å². The molecule has 0 saturated carbocycles. The van der Waals surface area contributed by atoms with Gasteiger partial charge < -0.3 is 10.4 Å². The van der Waals surface area contributed by atoms with Crippen LogP contribution in [0.5, 0.6) is 0 Å². The van der Waals surface area contributed by atoms with Crippen LogP contribution in [0.15, 0.2) is 71.6 Å². The summed E-state index contributed by atoms with van der Waals surface area (Å²) >= 11 is 1.23. The molecule has 0 bridgehead atoms. The van der Waals surface area contributed by atoms with Crippen molar-refractivity contribution in [3.8, 4) is 0 Å². The minimum Gasteiger partial charge on any atom is -0.480 e. The van der Waals surface area contributed by atoms with Crippen molar-refractivity contribution < 1.29 is 27.5 Å². The Labute approximate surface area is 194 Å². The molecule has 0 unspecified atom stereocenters. The molecule has 1 aliphatic rings. The average molecular weight is 489 g/mol. The van der Waals surface area contributed by atoms with Gasteiger partial charge >= 0.3 is 5.97 Å². The number of fused-ring (bicyclic) bond motifs is 1. The first kappa shape index (κ1) is 23.2. The number of benzene rings is 3. The molecule has 1 aliphatic heterocycles. The van der Waals surface area contributed by atoms with Crippen LogP contribution in [0, 0.1) is 5.82 Å². The van der Waals surface area contributed by atoms with Crippen LogP contribution < -0.4 is 5.32 Å². The van der Waals surface area contributed by atoms with E-state index in [-0.39, 0.29) is 22.9 Å². The van der Waals surface area contributed by atoms with Gasteiger partial charge in [0.25, 0.3) is 0 Å². The minimum absolute atomic E-state index is 0.0132. The van der Waals surface area contributed by atoms with Gasteiger partial charge in [0.2, 0.25) is 15.9 Å². The Morgan fingerprint density at radius 3 is 2.58 bits per heavy atom. The summed E-state index contributed by atoms with van der Waals surface area (Å²) in [5, 5.41) is 14.1. The molecule has 0 aromatic heterocycles. The second-order valence-corrected chi connectivity index (χ2v) is 10.5. The number of amides is 1. The van der Waals surface area contributed by atoms with Crippen molar-refractivity contribution in [2.24, 2.45) is 0 Å². The van der Waals surface area contributed by atoms with E-state index in [0.717, 1.165) is 32.8 Å². The predicted molar refractivity (Wildman–Crippen MR) is 124 cm³/mol. The van der Waals surface area contributed by atoms with Crippen LogP contribution in [0.2, 0.25) is 0 Å². The standard InChI is InChI=1S/C23H21FN2O5S2/c24-18-6-3-7-19(12-18)33(30,31)26-14-32-13-21(26)22(27)25-20(23(28)29)11-15-8-9-16-4-1-2-5-17(16)10-15/h1-10,12,20-21H,11,13-14H2,(H,25,27)(H,28,29)/t20-,21-/m0/s1. The van der Waals surface area contributed by atoms with E-state index in [2.05, 4.69) is 5.32 Å². The zero-order chi connectivity index (χ0) is 23.6. The Kier molecular flexibility index (Phi) is 6.68. The van der Waals surface area contributed by atoms with Gasteiger partial charge in [0.05, 0.1) is 10.8 Å². The summed E-state index contributed by atoms with van der Waals surface area (Å²) in [4.78, 5) is 24.6. The molecule has 0 radical (unpaired) electrons. The quantitative estimate of drug-likeness (QED) is 0.530. The number of carboxylic acids is 1. The third kappa shape index (κ3) is 5.02. The van der Waals surface area contributed by atoms with Crippen LogP contribution in [0.4, 0.5) is 4.39 Å². The predicted octanol–water partition coefficient (Wildman–Crippen LogP) is 2.85. The highest BCUT2D eigenvalue weighted by atomic mass is 32.2. The first-order valence-corrected chi connectivity index (χ1v) is 12.7. The fourth-order valence-corrected chi connectivity index (χ4v) is 6.88. The van der Waals surface area contributed by atoms with Crippen molar-refractivity contribution in [3.05, 3.63) is 78.1 Å². The van der Waals surface area contributed by atoms with Crippen LogP contribution in [0.25, 0.3) is 10.8 Å². The van der Waals surface area contributed by atoms with Crippen molar-refractivity contribution in [1.29, 1.82) is 0 Å². The SMILES string of the molecule is O=C(O)[C@H](Cc1ccc2ccccc2c1)NC(=O)[C@@H]1CSCN1S(=O)(=O)c1cccc(F)c1. The largest absolute Gasteiger partial charge is 0.480 e. The van der Waals surface area contributed by atoms with Gasteiger partial charge in [0.15, 0.2) is 0 Å². The molecule has 2 N–H and O–H groups in total. The van der Waals surface area contributed by atoms with Crippen molar-refractivity contribution in [2.75, 3.05) is 11.6 Å². The molecule has 1 saturated heterocycles. The number of nitrogens with zero attached hydrogens (tertiary/aromatic N) is 1. The monoisotopic (exact) mass is 488 g/mol. The number of sulfonamides is 1. The molecule has 1 heterocycles. The maximum atomic E-state index is 13.6. The molecule has 4 rings (SSSR count). The van der Waals surface area contributed by atoms with E-state index in [1.807, 2.05) is 36.4 Å². The van der Waals surface area contributed by atoms with Gasteiger partial charge in [-0.1, -0.05) is 48.5 Å². The first-order chi connectivity index (χ1) is 15.8. The van der Waals surface area contributed by atoms with Gasteiger partial charge in [-0.15, -0.1) is 11.8 Å². The number of hydrogen-bond donors (Lipinski definition) is 2. The fourth-order valence-electron chi connectivity index (χ4n) is 3.70. The lowest BCUT2D eigenvalue weighted by molar-refractivity contribution is -0.142. The second kappa shape index (κ2) is 9.50. The lowest BCUT2D eigenvalue weighted by Gasteiger charge is -2.24. The lowest BCUT2D eigenvalue weighted by Crippen LogP contribution is -2.52. The van der Waals surface area contributed by atoms with E-state index >= 15 is 0 Å². The van der Waals surface area contributed by atoms with E-state index in [9.17, 15) is 27.5 Å². The van der Waals surface area contributed by atoms with Crippen molar-refractivity contribution in [3.63, 3.8) is 0 Å². The topological polar surface area (TPSA) is 104 Å². The van der Waals surface area contributed by atoms with Crippen molar-refractivity contribution in [1.82, 2.24) is 9.62 Å². The minimum atomic E-state index is -4.13. The summed E-state index contributed by atoms with van der Waals surface area (Å²) in [5.41, 5.74) is 0.728. The Morgan fingerprint density at radius 1 is 1.09 bits per heavy atom. The van der Waals surface area contributed by atoms with Gasteiger partial charge in [-0.3, -0.25) is 4.79 Å². The van der Waals surface area contributed by atoms with Gasteiger partial charge in [0, 0.05) is 12.2 Å². The maximum Gasteiger partial charge on any atom is 0.326 e. The molecule has 7 nitrogen and oxygen atoms in total. The lowest BCUT2D eigenvalue weighted by atomic mass is 10.0. The van der Waals surface area contributed by atoms with Gasteiger partial charge in [-0.2, -0.15) is 4.31 Å². The van der Waals surface area contributed by atoms with E-state index in [4.69, 9.17) is 0 Å². The fraction of sp³-hybridized carbons (Fsp3) is 0.217. The molecule has 172 valence electrons. The highest BCUT2D eigenvalue weighted by molar-refractivity contribution is 8.00. The Balaban J connectivity index is 1.52. The molecule has 3 aromatic rings. The number of carbonyl (C=O) groups excluding carboxylic acids is 1. The van der Waals surface area contributed by atoms with Crippen LogP contribution >= 0.6 is 11.8 Å². The Hall–Kier alpha value is -2.95. The zero-order valence-corrected chi connectivity index (χ0v) is 19.0. The molecule has 3 aromatic carbocycles. The number of thioether (sulfide) groups is 1. The van der Waals surface area contributed by atoms with Gasteiger partial charge in [0.1, 0.15) is 17.9 Å². The molecule has 10 heteroatoms. The van der Waals surface area contributed by atoms with Crippen LogP contribution in [0.3, 0.4) is 0 Å². The smallest absolute Gasteiger partial charge is 0.326 e. The number of hydrogen-bond acceptors (Lipinski definition) is 5. The van der Waals surface area contributed by atoms with E-state index in [0.29, 0.717) is 0 Å². The number of carboxylic acid groups (broad SMARTS) is 1. The Morgan fingerprint density at radius 2 is 1.85 bits per heavy atom. The number of nitrogens with one attached hydrogen (secondary N) is 1. The van der Waals surface area contributed by atoms with Crippen molar-refractivity contribution in [2.45, 2.75) is 23.4 Å². The summed E-state index contributed by atoms with van der Waals surface area (Å²) in [6.07, 6.45) is 0.0441. The number of carbonyl (C=O) groups is 2. The first-order valence-electron chi connectivity index (χ1n) is 10.1. The number of aliphatic carboxylic acids is 1. The zero-order valence-electron chi connectivity index (χ0n) is 17.3. The third-order valence-electron chi connectivity index (χ3n) is 5.42. The summed E-state index contributed by atoms with van der Waals surface area (Å²) in [5.74, 6) is -2.44. The molecule has 1 amide bonds.